The first-order valence-electron chi connectivity index (χ1n) is 5.94. The second kappa shape index (κ2) is 6.68. The smallest absolute Gasteiger partial charge is 0.274 e. The van der Waals surface area contributed by atoms with E-state index in [9.17, 15) is 4.79 Å². The molecule has 102 valence electrons. The molecule has 0 saturated heterocycles. The van der Waals surface area contributed by atoms with E-state index in [1.54, 1.807) is 30.3 Å². The maximum atomic E-state index is 12.1. The van der Waals surface area contributed by atoms with Crippen LogP contribution in [0.25, 0.3) is 0 Å². The van der Waals surface area contributed by atoms with Crippen LogP contribution in [-0.4, -0.2) is 22.4 Å². The van der Waals surface area contributed by atoms with Gasteiger partial charge in [-0.3, -0.25) is 4.79 Å². The summed E-state index contributed by atoms with van der Waals surface area (Å²) in [7, 11) is 0. The van der Waals surface area contributed by atoms with E-state index in [4.69, 9.17) is 11.6 Å². The van der Waals surface area contributed by atoms with Crippen LogP contribution in [0.5, 0.6) is 0 Å². The van der Waals surface area contributed by atoms with E-state index in [2.05, 4.69) is 27.2 Å². The van der Waals surface area contributed by atoms with Crippen molar-refractivity contribution in [3.63, 3.8) is 0 Å². The summed E-state index contributed by atoms with van der Waals surface area (Å²) in [6.07, 6.45) is 3.19. The number of amides is 1. The van der Waals surface area contributed by atoms with Gasteiger partial charge in [0, 0.05) is 12.7 Å². The van der Waals surface area contributed by atoms with Crippen LogP contribution >= 0.6 is 11.6 Å². The first kappa shape index (κ1) is 14.0. The lowest BCUT2D eigenvalue weighted by atomic mass is 10.3. The fourth-order valence-electron chi connectivity index (χ4n) is 1.48. The summed E-state index contributed by atoms with van der Waals surface area (Å²) in [5.41, 5.74) is 0.796. The summed E-state index contributed by atoms with van der Waals surface area (Å²) < 4.78 is 0. The van der Waals surface area contributed by atoms with Crippen LogP contribution in [0.2, 0.25) is 5.02 Å². The van der Waals surface area contributed by atoms with E-state index in [0.717, 1.165) is 0 Å². The molecule has 2 aromatic rings. The number of para-hydroxylation sites is 1. The zero-order chi connectivity index (χ0) is 14.4. The van der Waals surface area contributed by atoms with Crippen molar-refractivity contribution in [1.29, 1.82) is 0 Å². The third kappa shape index (κ3) is 3.55. The summed E-state index contributed by atoms with van der Waals surface area (Å²) in [4.78, 5) is 20.2. The van der Waals surface area contributed by atoms with Gasteiger partial charge in [0.15, 0.2) is 0 Å². The maximum Gasteiger partial charge on any atom is 0.274 e. The first-order chi connectivity index (χ1) is 9.70. The van der Waals surface area contributed by atoms with Crippen molar-refractivity contribution < 1.29 is 4.79 Å². The SMILES string of the molecule is C=CCNc1nccc(C(=O)Nc2ccccc2Cl)n1. The molecule has 0 bridgehead atoms. The van der Waals surface area contributed by atoms with Crippen molar-refractivity contribution in [2.75, 3.05) is 17.2 Å². The van der Waals surface area contributed by atoms with E-state index in [1.807, 2.05) is 0 Å². The average molecular weight is 289 g/mol. The largest absolute Gasteiger partial charge is 0.351 e. The minimum Gasteiger partial charge on any atom is -0.351 e. The molecule has 0 aliphatic heterocycles. The number of carbonyl (C=O) groups excluding carboxylic acids is 1. The normalized spacial score (nSPS) is 9.85. The Morgan fingerprint density at radius 3 is 2.90 bits per heavy atom. The number of benzene rings is 1. The van der Waals surface area contributed by atoms with Gasteiger partial charge in [0.1, 0.15) is 5.69 Å². The van der Waals surface area contributed by atoms with E-state index in [0.29, 0.717) is 23.2 Å². The molecule has 1 heterocycles. The number of anilines is 2. The van der Waals surface area contributed by atoms with Crippen molar-refractivity contribution in [2.45, 2.75) is 0 Å². The van der Waals surface area contributed by atoms with Gasteiger partial charge in [-0.15, -0.1) is 6.58 Å². The van der Waals surface area contributed by atoms with Crippen molar-refractivity contribution >= 4 is 29.1 Å². The van der Waals surface area contributed by atoms with Gasteiger partial charge in [0.2, 0.25) is 5.95 Å². The molecule has 0 unspecified atom stereocenters. The third-order valence-electron chi connectivity index (χ3n) is 2.41. The van der Waals surface area contributed by atoms with Crippen LogP contribution in [0.15, 0.2) is 49.2 Å². The molecular formula is C14H13ClN4O. The lowest BCUT2D eigenvalue weighted by Crippen LogP contribution is -2.15. The maximum absolute atomic E-state index is 12.1. The zero-order valence-electron chi connectivity index (χ0n) is 10.6. The Bertz CT molecular complexity index is 630. The van der Waals surface area contributed by atoms with Crippen LogP contribution in [0.3, 0.4) is 0 Å². The van der Waals surface area contributed by atoms with Crippen molar-refractivity contribution in [3.05, 3.63) is 59.9 Å². The van der Waals surface area contributed by atoms with Crippen molar-refractivity contribution in [3.8, 4) is 0 Å². The standard InChI is InChI=1S/C14H13ClN4O/c1-2-8-16-14-17-9-7-12(19-14)13(20)18-11-6-4-3-5-10(11)15/h2-7,9H,1,8H2,(H,18,20)(H,16,17,19). The molecule has 2 rings (SSSR count). The number of hydrogen-bond donors (Lipinski definition) is 2. The topological polar surface area (TPSA) is 66.9 Å². The molecule has 0 aliphatic rings. The van der Waals surface area contributed by atoms with E-state index >= 15 is 0 Å². The highest BCUT2D eigenvalue weighted by molar-refractivity contribution is 6.33. The Morgan fingerprint density at radius 1 is 1.35 bits per heavy atom. The predicted molar refractivity (Wildman–Crippen MR) is 80.1 cm³/mol. The summed E-state index contributed by atoms with van der Waals surface area (Å²) in [6, 6.07) is 8.54. The number of aromatic nitrogens is 2. The second-order valence-corrected chi connectivity index (χ2v) is 4.28. The number of halogens is 1. The Morgan fingerprint density at radius 2 is 2.15 bits per heavy atom. The highest BCUT2D eigenvalue weighted by Crippen LogP contribution is 2.20. The molecule has 0 radical (unpaired) electrons. The van der Waals surface area contributed by atoms with Crippen LogP contribution in [0.4, 0.5) is 11.6 Å². The number of rotatable bonds is 5. The zero-order valence-corrected chi connectivity index (χ0v) is 11.4. The third-order valence-corrected chi connectivity index (χ3v) is 2.74. The summed E-state index contributed by atoms with van der Waals surface area (Å²) >= 11 is 5.98. The van der Waals surface area contributed by atoms with Gasteiger partial charge in [-0.05, 0) is 18.2 Å². The quantitative estimate of drug-likeness (QED) is 0.830. The minimum atomic E-state index is -0.345. The fourth-order valence-corrected chi connectivity index (χ4v) is 1.67. The lowest BCUT2D eigenvalue weighted by Gasteiger charge is -2.07. The van der Waals surface area contributed by atoms with Crippen LogP contribution in [-0.2, 0) is 0 Å². The highest BCUT2D eigenvalue weighted by Gasteiger charge is 2.10. The molecule has 20 heavy (non-hydrogen) atoms. The molecule has 0 atom stereocenters. The second-order valence-electron chi connectivity index (χ2n) is 3.87. The van der Waals surface area contributed by atoms with Crippen molar-refractivity contribution in [1.82, 2.24) is 9.97 Å². The Labute approximate surface area is 121 Å². The van der Waals surface area contributed by atoms with E-state index in [1.165, 1.54) is 12.3 Å². The Balaban J connectivity index is 2.13. The number of hydrogen-bond acceptors (Lipinski definition) is 4. The van der Waals surface area contributed by atoms with E-state index in [-0.39, 0.29) is 11.6 Å². The summed E-state index contributed by atoms with van der Waals surface area (Å²) in [5, 5.41) is 6.09. The molecule has 1 amide bonds. The Hall–Kier alpha value is -2.40. The average Bonchev–Trinajstić information content (AvgIpc) is 2.48. The van der Waals surface area contributed by atoms with Gasteiger partial charge in [-0.2, -0.15) is 0 Å². The van der Waals surface area contributed by atoms with Gasteiger partial charge >= 0.3 is 0 Å². The molecular weight excluding hydrogens is 276 g/mol. The molecule has 1 aromatic heterocycles. The molecule has 6 heteroatoms. The van der Waals surface area contributed by atoms with Crippen LogP contribution in [0, 0.1) is 0 Å². The monoisotopic (exact) mass is 288 g/mol. The number of nitrogens with zero attached hydrogens (tertiary/aromatic N) is 2. The van der Waals surface area contributed by atoms with Gasteiger partial charge in [0.05, 0.1) is 10.7 Å². The van der Waals surface area contributed by atoms with Gasteiger partial charge in [-0.1, -0.05) is 29.8 Å². The van der Waals surface area contributed by atoms with Crippen molar-refractivity contribution in [2.24, 2.45) is 0 Å². The summed E-state index contributed by atoms with van der Waals surface area (Å²) in [5.74, 6) is 0.0267. The predicted octanol–water partition coefficient (Wildman–Crippen LogP) is 2.98. The molecule has 0 spiro atoms. The lowest BCUT2D eigenvalue weighted by molar-refractivity contribution is 0.102. The number of carbonyl (C=O) groups is 1. The highest BCUT2D eigenvalue weighted by atomic mass is 35.5. The number of nitrogens with one attached hydrogen (secondary N) is 2. The molecule has 0 aliphatic carbocycles. The molecule has 5 nitrogen and oxygen atoms in total. The Kier molecular flexibility index (Phi) is 4.68. The van der Waals surface area contributed by atoms with Gasteiger partial charge < -0.3 is 10.6 Å². The van der Waals surface area contributed by atoms with Gasteiger partial charge in [-0.25, -0.2) is 9.97 Å². The molecule has 0 saturated carbocycles. The molecule has 1 aromatic carbocycles. The first-order valence-corrected chi connectivity index (χ1v) is 6.32. The molecule has 2 N–H and O–H groups in total. The summed E-state index contributed by atoms with van der Waals surface area (Å²) in [6.45, 7) is 4.11. The van der Waals surface area contributed by atoms with E-state index < -0.39 is 0 Å². The minimum absolute atomic E-state index is 0.256. The van der Waals surface area contributed by atoms with Crippen LogP contribution in [0.1, 0.15) is 10.5 Å². The van der Waals surface area contributed by atoms with Gasteiger partial charge in [0.25, 0.3) is 5.91 Å². The molecule has 0 fully saturated rings. The fraction of sp³-hybridized carbons (Fsp3) is 0.0714. The van der Waals surface area contributed by atoms with Crippen LogP contribution < -0.4 is 10.6 Å².